The van der Waals surface area contributed by atoms with Crippen LogP contribution in [0.25, 0.3) is 0 Å². The lowest BCUT2D eigenvalue weighted by atomic mass is 10.0. The van der Waals surface area contributed by atoms with Crippen LogP contribution in [0.2, 0.25) is 5.02 Å². The molecule has 0 bridgehead atoms. The minimum absolute atomic E-state index is 0.00516. The van der Waals surface area contributed by atoms with E-state index in [9.17, 15) is 9.59 Å². The van der Waals surface area contributed by atoms with E-state index < -0.39 is 12.6 Å². The van der Waals surface area contributed by atoms with E-state index in [2.05, 4.69) is 5.32 Å². The van der Waals surface area contributed by atoms with Gasteiger partial charge in [-0.1, -0.05) is 11.6 Å². The molecule has 1 saturated heterocycles. The number of thioether (sulfide) groups is 1. The van der Waals surface area contributed by atoms with Crippen molar-refractivity contribution in [2.75, 3.05) is 23.4 Å². The number of aliphatic carboxylic acids is 1. The number of hydrogen-bond acceptors (Lipinski definition) is 4. The molecule has 2 rings (SSSR count). The summed E-state index contributed by atoms with van der Waals surface area (Å²) in [4.78, 5) is 22.6. The molecule has 1 aliphatic rings. The van der Waals surface area contributed by atoms with Crippen LogP contribution in [0.15, 0.2) is 18.2 Å². The SMILES string of the molecule is O=C(O)COc1ccc(NC(=O)C2CCSCC2)cc1Cl. The van der Waals surface area contributed by atoms with Crippen molar-refractivity contribution in [3.05, 3.63) is 23.2 Å². The zero-order valence-electron chi connectivity index (χ0n) is 11.3. The summed E-state index contributed by atoms with van der Waals surface area (Å²) in [5.74, 6) is 1.30. The second kappa shape index (κ2) is 7.56. The number of ether oxygens (including phenoxy) is 1. The molecule has 7 heteroatoms. The number of halogens is 1. The van der Waals surface area contributed by atoms with Gasteiger partial charge < -0.3 is 15.2 Å². The monoisotopic (exact) mass is 329 g/mol. The lowest BCUT2D eigenvalue weighted by Gasteiger charge is -2.20. The van der Waals surface area contributed by atoms with Gasteiger partial charge in [0.25, 0.3) is 0 Å². The molecule has 1 aromatic carbocycles. The molecule has 114 valence electrons. The van der Waals surface area contributed by atoms with E-state index in [1.807, 2.05) is 11.8 Å². The number of hydrogen-bond donors (Lipinski definition) is 2. The van der Waals surface area contributed by atoms with E-state index in [4.69, 9.17) is 21.4 Å². The normalized spacial score (nSPS) is 15.5. The molecule has 0 radical (unpaired) electrons. The van der Waals surface area contributed by atoms with Gasteiger partial charge >= 0.3 is 5.97 Å². The second-order valence-corrected chi connectivity index (χ2v) is 6.34. The van der Waals surface area contributed by atoms with Crippen molar-refractivity contribution in [3.8, 4) is 5.75 Å². The summed E-state index contributed by atoms with van der Waals surface area (Å²) in [6.07, 6.45) is 1.79. The maximum Gasteiger partial charge on any atom is 0.341 e. The molecule has 0 aliphatic carbocycles. The number of rotatable bonds is 5. The Kier molecular flexibility index (Phi) is 5.76. The molecule has 2 N–H and O–H groups in total. The smallest absolute Gasteiger partial charge is 0.341 e. The van der Waals surface area contributed by atoms with Crippen molar-refractivity contribution >= 4 is 40.9 Å². The lowest BCUT2D eigenvalue weighted by Crippen LogP contribution is -2.26. The van der Waals surface area contributed by atoms with Crippen molar-refractivity contribution in [1.29, 1.82) is 0 Å². The molecule has 1 aromatic rings. The molecular formula is C14H16ClNO4S. The molecule has 5 nitrogen and oxygen atoms in total. The molecule has 21 heavy (non-hydrogen) atoms. The number of carbonyl (C=O) groups excluding carboxylic acids is 1. The first-order valence-electron chi connectivity index (χ1n) is 6.59. The molecule has 1 aliphatic heterocycles. The summed E-state index contributed by atoms with van der Waals surface area (Å²) in [5.41, 5.74) is 0.589. The molecule has 0 unspecified atom stereocenters. The van der Waals surface area contributed by atoms with Crippen molar-refractivity contribution in [3.63, 3.8) is 0 Å². The van der Waals surface area contributed by atoms with Crippen LogP contribution in [0.3, 0.4) is 0 Å². The fourth-order valence-electron chi connectivity index (χ4n) is 2.04. The summed E-state index contributed by atoms with van der Waals surface area (Å²) in [7, 11) is 0. The van der Waals surface area contributed by atoms with Crippen molar-refractivity contribution in [1.82, 2.24) is 0 Å². The summed E-state index contributed by atoms with van der Waals surface area (Å²) < 4.78 is 5.03. The summed E-state index contributed by atoms with van der Waals surface area (Å²) in [5, 5.41) is 11.7. The number of benzene rings is 1. The van der Waals surface area contributed by atoms with Crippen LogP contribution in [-0.2, 0) is 9.59 Å². The van der Waals surface area contributed by atoms with Gasteiger partial charge in [0.1, 0.15) is 5.75 Å². The second-order valence-electron chi connectivity index (χ2n) is 4.70. The number of anilines is 1. The highest BCUT2D eigenvalue weighted by Crippen LogP contribution is 2.29. The highest BCUT2D eigenvalue weighted by atomic mass is 35.5. The van der Waals surface area contributed by atoms with E-state index in [1.54, 1.807) is 18.2 Å². The number of carboxylic acids is 1. The van der Waals surface area contributed by atoms with Gasteiger partial charge in [0.2, 0.25) is 5.91 Å². The molecule has 0 spiro atoms. The molecule has 0 atom stereocenters. The topological polar surface area (TPSA) is 75.6 Å². The van der Waals surface area contributed by atoms with E-state index >= 15 is 0 Å². The van der Waals surface area contributed by atoms with Gasteiger partial charge in [0.15, 0.2) is 6.61 Å². The fourth-order valence-corrected chi connectivity index (χ4v) is 3.38. The highest BCUT2D eigenvalue weighted by molar-refractivity contribution is 7.99. The lowest BCUT2D eigenvalue weighted by molar-refractivity contribution is -0.139. The summed E-state index contributed by atoms with van der Waals surface area (Å²) >= 11 is 7.88. The van der Waals surface area contributed by atoms with E-state index in [-0.39, 0.29) is 22.6 Å². The first-order valence-corrected chi connectivity index (χ1v) is 8.12. The van der Waals surface area contributed by atoms with Crippen LogP contribution in [0.1, 0.15) is 12.8 Å². The first kappa shape index (κ1) is 16.0. The van der Waals surface area contributed by atoms with Crippen molar-refractivity contribution in [2.45, 2.75) is 12.8 Å². The molecular weight excluding hydrogens is 314 g/mol. The Balaban J connectivity index is 1.95. The minimum atomic E-state index is -1.07. The Bertz CT molecular complexity index is 532. The predicted octanol–water partition coefficient (Wildman–Crippen LogP) is 2.89. The zero-order valence-corrected chi connectivity index (χ0v) is 12.9. The Hall–Kier alpha value is -1.40. The fraction of sp³-hybridized carbons (Fsp3) is 0.429. The maximum absolute atomic E-state index is 12.1. The van der Waals surface area contributed by atoms with Crippen molar-refractivity contribution in [2.24, 2.45) is 5.92 Å². The third-order valence-corrected chi connectivity index (χ3v) is 4.49. The average Bonchev–Trinajstić information content (AvgIpc) is 2.47. The van der Waals surface area contributed by atoms with Crippen LogP contribution in [0, 0.1) is 5.92 Å². The number of amides is 1. The van der Waals surface area contributed by atoms with Gasteiger partial charge in [-0.05, 0) is 42.5 Å². The van der Waals surface area contributed by atoms with Gasteiger partial charge in [-0.2, -0.15) is 11.8 Å². The largest absolute Gasteiger partial charge is 0.480 e. The van der Waals surface area contributed by atoms with Crippen LogP contribution < -0.4 is 10.1 Å². The van der Waals surface area contributed by atoms with E-state index in [0.717, 1.165) is 24.3 Å². The molecule has 1 fully saturated rings. The number of carboxylic acid groups (broad SMARTS) is 1. The van der Waals surface area contributed by atoms with Crippen LogP contribution in [0.4, 0.5) is 5.69 Å². The quantitative estimate of drug-likeness (QED) is 0.868. The first-order chi connectivity index (χ1) is 10.1. The number of nitrogens with one attached hydrogen (secondary N) is 1. The average molecular weight is 330 g/mol. The van der Waals surface area contributed by atoms with Crippen LogP contribution in [0.5, 0.6) is 5.75 Å². The summed E-state index contributed by atoms with van der Waals surface area (Å²) in [6, 6.07) is 4.77. The summed E-state index contributed by atoms with van der Waals surface area (Å²) in [6.45, 7) is -0.453. The van der Waals surface area contributed by atoms with Gasteiger partial charge in [-0.15, -0.1) is 0 Å². The Morgan fingerprint density at radius 3 is 2.71 bits per heavy atom. The van der Waals surface area contributed by atoms with Crippen molar-refractivity contribution < 1.29 is 19.4 Å². The van der Waals surface area contributed by atoms with Gasteiger partial charge in [0, 0.05) is 11.6 Å². The van der Waals surface area contributed by atoms with Gasteiger partial charge in [-0.3, -0.25) is 4.79 Å². The van der Waals surface area contributed by atoms with E-state index in [1.165, 1.54) is 0 Å². The van der Waals surface area contributed by atoms with Gasteiger partial charge in [0.05, 0.1) is 5.02 Å². The Labute approximate surface area is 132 Å². The molecule has 1 amide bonds. The third kappa shape index (κ3) is 4.82. The zero-order chi connectivity index (χ0) is 15.2. The molecule has 0 saturated carbocycles. The standard InChI is InChI=1S/C14H16ClNO4S/c15-11-7-10(1-2-12(11)20-8-13(17)18)16-14(19)9-3-5-21-6-4-9/h1-2,7,9H,3-6,8H2,(H,16,19)(H,17,18). The molecule has 1 heterocycles. The maximum atomic E-state index is 12.1. The van der Waals surface area contributed by atoms with Gasteiger partial charge in [-0.25, -0.2) is 4.79 Å². The van der Waals surface area contributed by atoms with E-state index in [0.29, 0.717) is 5.69 Å². The Morgan fingerprint density at radius 1 is 1.38 bits per heavy atom. The minimum Gasteiger partial charge on any atom is -0.480 e. The predicted molar refractivity (Wildman–Crippen MR) is 83.3 cm³/mol. The van der Waals surface area contributed by atoms with Crippen LogP contribution in [-0.4, -0.2) is 35.1 Å². The molecule has 0 aromatic heterocycles. The van der Waals surface area contributed by atoms with Crippen LogP contribution >= 0.6 is 23.4 Å². The third-order valence-electron chi connectivity index (χ3n) is 3.14. The number of carbonyl (C=O) groups is 2. The highest BCUT2D eigenvalue weighted by Gasteiger charge is 2.21. The Morgan fingerprint density at radius 2 is 2.10 bits per heavy atom.